The van der Waals surface area contributed by atoms with Gasteiger partial charge in [0.1, 0.15) is 18.0 Å². The molecule has 2 atom stereocenters. The predicted molar refractivity (Wildman–Crippen MR) is 99.7 cm³/mol. The van der Waals surface area contributed by atoms with Gasteiger partial charge in [0.05, 0.1) is 0 Å². The first-order valence-electron chi connectivity index (χ1n) is 8.52. The van der Waals surface area contributed by atoms with Gasteiger partial charge in [0.2, 0.25) is 0 Å². The van der Waals surface area contributed by atoms with Crippen LogP contribution in [0.3, 0.4) is 0 Å². The highest BCUT2D eigenvalue weighted by molar-refractivity contribution is 6.17. The fourth-order valence-corrected chi connectivity index (χ4v) is 4.09. The average Bonchev–Trinajstić information content (AvgIpc) is 2.93. The van der Waals surface area contributed by atoms with Crippen molar-refractivity contribution in [3.63, 3.8) is 0 Å². The van der Waals surface area contributed by atoms with Gasteiger partial charge in [0.15, 0.2) is 0 Å². The Balaban J connectivity index is 1.82. The van der Waals surface area contributed by atoms with Gasteiger partial charge in [-0.15, -0.1) is 0 Å². The standard InChI is InChI=1S/C22H16O4/c1-11(23)26-12-5-6-14-17(9-12)16-4-2-3-15-13-7-8-20(24)22(25)19(13)10-18(14)21(15)16/h2-10,20,22,24-25H,1H3/t20-,22-/m1/s1. The zero-order valence-electron chi connectivity index (χ0n) is 14.1. The first kappa shape index (κ1) is 15.3. The van der Waals surface area contributed by atoms with Crippen molar-refractivity contribution in [3.05, 3.63) is 59.7 Å². The van der Waals surface area contributed by atoms with Crippen molar-refractivity contribution in [1.29, 1.82) is 0 Å². The van der Waals surface area contributed by atoms with Crippen LogP contribution in [0.15, 0.2) is 48.5 Å². The van der Waals surface area contributed by atoms with Gasteiger partial charge in [-0.05, 0) is 62.4 Å². The van der Waals surface area contributed by atoms with Crippen molar-refractivity contribution in [1.82, 2.24) is 0 Å². The number of esters is 1. The summed E-state index contributed by atoms with van der Waals surface area (Å²) < 4.78 is 5.24. The van der Waals surface area contributed by atoms with E-state index in [1.807, 2.05) is 36.4 Å². The molecule has 0 heterocycles. The van der Waals surface area contributed by atoms with Gasteiger partial charge >= 0.3 is 5.97 Å². The number of aliphatic hydroxyl groups is 2. The molecule has 2 N–H and O–H groups in total. The third-order valence-electron chi connectivity index (χ3n) is 5.17. The molecule has 3 aromatic carbocycles. The number of carbonyl (C=O) groups is 1. The summed E-state index contributed by atoms with van der Waals surface area (Å²) in [5.41, 5.74) is 5.82. The van der Waals surface area contributed by atoms with Crippen molar-refractivity contribution < 1.29 is 19.7 Å². The molecule has 0 aromatic heterocycles. The van der Waals surface area contributed by atoms with E-state index in [2.05, 4.69) is 6.07 Å². The maximum atomic E-state index is 11.3. The van der Waals surface area contributed by atoms with Gasteiger partial charge in [-0.25, -0.2) is 0 Å². The van der Waals surface area contributed by atoms with Crippen LogP contribution in [-0.4, -0.2) is 22.3 Å². The van der Waals surface area contributed by atoms with Crippen LogP contribution in [0.1, 0.15) is 24.2 Å². The molecule has 0 saturated heterocycles. The minimum Gasteiger partial charge on any atom is -0.427 e. The highest BCUT2D eigenvalue weighted by Gasteiger charge is 2.29. The monoisotopic (exact) mass is 344 g/mol. The van der Waals surface area contributed by atoms with E-state index in [9.17, 15) is 15.0 Å². The summed E-state index contributed by atoms with van der Waals surface area (Å²) >= 11 is 0. The van der Waals surface area contributed by atoms with Crippen molar-refractivity contribution in [3.8, 4) is 28.0 Å². The predicted octanol–water partition coefficient (Wildman–Crippen LogP) is 3.83. The number of hydrogen-bond acceptors (Lipinski definition) is 4. The fourth-order valence-electron chi connectivity index (χ4n) is 4.09. The first-order chi connectivity index (χ1) is 12.5. The Morgan fingerprint density at radius 3 is 2.65 bits per heavy atom. The topological polar surface area (TPSA) is 66.8 Å². The minimum atomic E-state index is -0.941. The molecule has 0 aliphatic heterocycles. The van der Waals surface area contributed by atoms with E-state index in [1.54, 1.807) is 12.1 Å². The van der Waals surface area contributed by atoms with E-state index in [4.69, 9.17) is 4.74 Å². The van der Waals surface area contributed by atoms with Crippen LogP contribution in [0.4, 0.5) is 0 Å². The largest absolute Gasteiger partial charge is 0.427 e. The van der Waals surface area contributed by atoms with Crippen molar-refractivity contribution in [2.75, 3.05) is 0 Å². The van der Waals surface area contributed by atoms with E-state index >= 15 is 0 Å². The van der Waals surface area contributed by atoms with E-state index in [-0.39, 0.29) is 5.97 Å². The summed E-state index contributed by atoms with van der Waals surface area (Å²) in [6, 6.07) is 13.6. The van der Waals surface area contributed by atoms with Gasteiger partial charge in [0.25, 0.3) is 0 Å². The highest BCUT2D eigenvalue weighted by atomic mass is 16.5. The van der Waals surface area contributed by atoms with Gasteiger partial charge in [-0.3, -0.25) is 4.79 Å². The molecule has 5 rings (SSSR count). The molecule has 4 nitrogen and oxygen atoms in total. The Morgan fingerprint density at radius 1 is 1.00 bits per heavy atom. The number of hydrogen-bond donors (Lipinski definition) is 2. The van der Waals surface area contributed by atoms with Crippen LogP contribution < -0.4 is 4.74 Å². The van der Waals surface area contributed by atoms with Crippen molar-refractivity contribution >= 4 is 22.8 Å². The molecule has 0 unspecified atom stereocenters. The molecule has 0 spiro atoms. The minimum absolute atomic E-state index is 0.351. The van der Waals surface area contributed by atoms with Crippen LogP contribution in [0.25, 0.3) is 39.1 Å². The molecule has 3 aromatic rings. The lowest BCUT2D eigenvalue weighted by Gasteiger charge is -2.24. The summed E-state index contributed by atoms with van der Waals surface area (Å²) in [4.78, 5) is 11.3. The quantitative estimate of drug-likeness (QED) is 0.407. The normalized spacial score (nSPS) is 19.3. The highest BCUT2D eigenvalue weighted by Crippen LogP contribution is 2.51. The number of fused-ring (bicyclic) bond motifs is 5. The van der Waals surface area contributed by atoms with Gasteiger partial charge in [-0.2, -0.15) is 0 Å². The third kappa shape index (κ3) is 2.00. The molecule has 0 amide bonds. The van der Waals surface area contributed by atoms with Crippen LogP contribution in [0, 0.1) is 0 Å². The van der Waals surface area contributed by atoms with Crippen molar-refractivity contribution in [2.45, 2.75) is 19.1 Å². The third-order valence-corrected chi connectivity index (χ3v) is 5.17. The second-order valence-corrected chi connectivity index (χ2v) is 6.75. The number of ether oxygens (including phenoxy) is 1. The molecule has 26 heavy (non-hydrogen) atoms. The van der Waals surface area contributed by atoms with E-state index in [0.29, 0.717) is 5.75 Å². The van der Waals surface area contributed by atoms with Gasteiger partial charge in [0, 0.05) is 6.92 Å². The molecule has 2 aliphatic rings. The van der Waals surface area contributed by atoms with Crippen LogP contribution in [0.2, 0.25) is 0 Å². The second-order valence-electron chi connectivity index (χ2n) is 6.75. The molecule has 4 heteroatoms. The molecular weight excluding hydrogens is 328 g/mol. The lowest BCUT2D eigenvalue weighted by atomic mass is 9.86. The Bertz CT molecular complexity index is 1130. The van der Waals surface area contributed by atoms with Gasteiger partial charge in [-0.1, -0.05) is 36.4 Å². The zero-order chi connectivity index (χ0) is 18.0. The summed E-state index contributed by atoms with van der Waals surface area (Å²) in [7, 11) is 0. The van der Waals surface area contributed by atoms with Crippen LogP contribution >= 0.6 is 0 Å². The van der Waals surface area contributed by atoms with E-state index in [1.165, 1.54) is 6.92 Å². The molecular formula is C22H16O4. The molecule has 0 radical (unpaired) electrons. The molecule has 0 bridgehead atoms. The van der Waals surface area contributed by atoms with Crippen LogP contribution in [-0.2, 0) is 4.79 Å². The average molecular weight is 344 g/mol. The number of aliphatic hydroxyl groups excluding tert-OH is 2. The number of rotatable bonds is 1. The van der Waals surface area contributed by atoms with E-state index < -0.39 is 12.2 Å². The van der Waals surface area contributed by atoms with Gasteiger partial charge < -0.3 is 14.9 Å². The summed E-state index contributed by atoms with van der Waals surface area (Å²) in [5.74, 6) is 0.164. The number of benzene rings is 3. The Labute approximate surface area is 150 Å². The maximum absolute atomic E-state index is 11.3. The second kappa shape index (κ2) is 5.27. The molecule has 0 fully saturated rings. The molecule has 2 aliphatic carbocycles. The summed E-state index contributed by atoms with van der Waals surface area (Å²) in [5, 5.41) is 22.6. The van der Waals surface area contributed by atoms with E-state index in [0.717, 1.165) is 44.2 Å². The zero-order valence-corrected chi connectivity index (χ0v) is 14.1. The lowest BCUT2D eigenvalue weighted by Crippen LogP contribution is -2.19. The Kier molecular flexibility index (Phi) is 3.11. The summed E-state index contributed by atoms with van der Waals surface area (Å²) in [6.45, 7) is 1.38. The summed E-state index contributed by atoms with van der Waals surface area (Å²) in [6.07, 6.45) is 1.66. The van der Waals surface area contributed by atoms with Crippen LogP contribution in [0.5, 0.6) is 5.75 Å². The smallest absolute Gasteiger partial charge is 0.308 e. The lowest BCUT2D eigenvalue weighted by molar-refractivity contribution is -0.131. The Morgan fingerprint density at radius 2 is 1.85 bits per heavy atom. The SMILES string of the molecule is CC(=O)Oc1ccc2c(c1)-c1cccc3c4c(cc-2c13)[C@@H](O)[C@H](O)C=C4. The fraction of sp³-hybridized carbons (Fsp3) is 0.136. The molecule has 0 saturated carbocycles. The number of carbonyl (C=O) groups excluding carboxylic acids is 1. The molecule has 128 valence electrons. The Hall–Kier alpha value is -2.95. The van der Waals surface area contributed by atoms with Crippen molar-refractivity contribution in [2.24, 2.45) is 0 Å². The first-order valence-corrected chi connectivity index (χ1v) is 8.52. The maximum Gasteiger partial charge on any atom is 0.308 e.